The minimum absolute atomic E-state index is 0.0256. The van der Waals surface area contributed by atoms with Crippen LogP contribution in [0, 0.1) is 0 Å². The molecular weight excluding hydrogens is 385 g/mol. The number of allylic oxidation sites excluding steroid dienone is 1. The van der Waals surface area contributed by atoms with Crippen molar-refractivity contribution >= 4 is 15.9 Å². The molecule has 0 heterocycles. The Kier molecular flexibility index (Phi) is 4.59. The van der Waals surface area contributed by atoms with Crippen molar-refractivity contribution in [1.82, 2.24) is 0 Å². The Morgan fingerprint density at radius 1 is 1.04 bits per heavy atom. The summed E-state index contributed by atoms with van der Waals surface area (Å²) < 4.78 is 66.1. The van der Waals surface area contributed by atoms with Crippen molar-refractivity contribution in [3.63, 3.8) is 0 Å². The van der Waals surface area contributed by atoms with Crippen molar-refractivity contribution in [3.8, 4) is 11.5 Å². The highest BCUT2D eigenvalue weighted by Gasteiger charge is 2.49. The van der Waals surface area contributed by atoms with Gasteiger partial charge in [-0.25, -0.2) is 0 Å². The summed E-state index contributed by atoms with van der Waals surface area (Å²) in [6.45, 7) is 1.48. The minimum Gasteiger partial charge on any atom is -0.508 e. The number of halogens is 3. The average Bonchev–Trinajstić information content (AvgIpc) is 2.57. The Morgan fingerprint density at radius 2 is 1.63 bits per heavy atom. The molecule has 0 radical (unpaired) electrons. The van der Waals surface area contributed by atoms with Crippen LogP contribution in [0.2, 0.25) is 0 Å². The van der Waals surface area contributed by atoms with E-state index in [1.807, 2.05) is 0 Å². The highest BCUT2D eigenvalue weighted by molar-refractivity contribution is 7.87. The van der Waals surface area contributed by atoms with E-state index in [2.05, 4.69) is 4.18 Å². The molecular formula is C18H15F3O5S. The van der Waals surface area contributed by atoms with E-state index in [1.54, 1.807) is 12.1 Å². The number of phenols is 2. The highest BCUT2D eigenvalue weighted by Crippen LogP contribution is 2.43. The summed E-state index contributed by atoms with van der Waals surface area (Å²) in [4.78, 5) is 0. The number of fused-ring (bicyclic) bond motifs is 1. The van der Waals surface area contributed by atoms with Gasteiger partial charge in [-0.2, -0.15) is 21.6 Å². The molecule has 5 nitrogen and oxygen atoms in total. The molecule has 0 saturated carbocycles. The van der Waals surface area contributed by atoms with Gasteiger partial charge in [-0.05, 0) is 54.3 Å². The lowest BCUT2D eigenvalue weighted by molar-refractivity contribution is -0.0509. The summed E-state index contributed by atoms with van der Waals surface area (Å²) >= 11 is 0. The van der Waals surface area contributed by atoms with Crippen LogP contribution in [0.3, 0.4) is 0 Å². The number of rotatable bonds is 3. The standard InChI is InChI=1S/C18H15F3O5S/c1-10-15(11-2-5-13(22)6-3-11)8-12-4-7-14(23)9-16(12)17(10)26-27(24,25)18(19,20)21/h2-7,9,15,22-23H,8H2,1H3. The van der Waals surface area contributed by atoms with Crippen LogP contribution < -0.4 is 0 Å². The Hall–Kier alpha value is -2.68. The van der Waals surface area contributed by atoms with E-state index in [0.29, 0.717) is 17.5 Å². The summed E-state index contributed by atoms with van der Waals surface area (Å²) in [5, 5.41) is 19.1. The van der Waals surface area contributed by atoms with Gasteiger partial charge in [-0.1, -0.05) is 18.2 Å². The maximum Gasteiger partial charge on any atom is 0.534 e. The van der Waals surface area contributed by atoms with Crippen molar-refractivity contribution in [1.29, 1.82) is 0 Å². The van der Waals surface area contributed by atoms with Crippen LogP contribution in [-0.4, -0.2) is 24.1 Å². The van der Waals surface area contributed by atoms with Gasteiger partial charge < -0.3 is 14.4 Å². The largest absolute Gasteiger partial charge is 0.534 e. The zero-order valence-corrected chi connectivity index (χ0v) is 14.8. The SMILES string of the molecule is CC1=C(OS(=O)(=O)C(F)(F)F)c2cc(O)ccc2CC1c1ccc(O)cc1. The summed E-state index contributed by atoms with van der Waals surface area (Å²) in [6, 6.07) is 10.1. The van der Waals surface area contributed by atoms with Crippen LogP contribution in [0.4, 0.5) is 13.2 Å². The molecule has 2 aromatic carbocycles. The predicted octanol–water partition coefficient (Wildman–Crippen LogP) is 4.03. The van der Waals surface area contributed by atoms with Gasteiger partial charge in [-0.15, -0.1) is 0 Å². The van der Waals surface area contributed by atoms with Crippen LogP contribution in [0.25, 0.3) is 5.76 Å². The monoisotopic (exact) mass is 400 g/mol. The number of hydrogen-bond acceptors (Lipinski definition) is 5. The van der Waals surface area contributed by atoms with Crippen LogP contribution in [-0.2, 0) is 20.7 Å². The third-order valence-corrected chi connectivity index (χ3v) is 5.37. The number of hydrogen-bond donors (Lipinski definition) is 2. The normalized spacial score (nSPS) is 17.6. The molecule has 3 rings (SSSR count). The molecule has 2 N–H and O–H groups in total. The van der Waals surface area contributed by atoms with Gasteiger partial charge in [0.2, 0.25) is 0 Å². The molecule has 1 unspecified atom stereocenters. The van der Waals surface area contributed by atoms with Crippen LogP contribution in [0.15, 0.2) is 48.0 Å². The molecule has 0 aromatic heterocycles. The molecule has 0 saturated heterocycles. The topological polar surface area (TPSA) is 83.8 Å². The van der Waals surface area contributed by atoms with Crippen LogP contribution >= 0.6 is 0 Å². The number of benzene rings is 2. The van der Waals surface area contributed by atoms with Crippen molar-refractivity contribution in [2.24, 2.45) is 0 Å². The molecule has 9 heteroatoms. The van der Waals surface area contributed by atoms with E-state index < -0.39 is 27.3 Å². The molecule has 27 heavy (non-hydrogen) atoms. The predicted molar refractivity (Wildman–Crippen MR) is 91.3 cm³/mol. The van der Waals surface area contributed by atoms with Gasteiger partial charge in [0.25, 0.3) is 0 Å². The van der Waals surface area contributed by atoms with Crippen LogP contribution in [0.1, 0.15) is 29.5 Å². The van der Waals surface area contributed by atoms with Crippen molar-refractivity contribution in [2.45, 2.75) is 24.8 Å². The Morgan fingerprint density at radius 3 is 2.22 bits per heavy atom. The Bertz CT molecular complexity index is 1010. The van der Waals surface area contributed by atoms with Gasteiger partial charge in [0.1, 0.15) is 17.3 Å². The second-order valence-electron chi connectivity index (χ2n) is 6.19. The fraction of sp³-hybridized carbons (Fsp3) is 0.222. The lowest BCUT2D eigenvalue weighted by Gasteiger charge is -2.29. The zero-order chi connectivity index (χ0) is 20.0. The van der Waals surface area contributed by atoms with Gasteiger partial charge in [0.15, 0.2) is 0 Å². The van der Waals surface area contributed by atoms with Crippen molar-refractivity contribution in [2.75, 3.05) is 0 Å². The fourth-order valence-corrected chi connectivity index (χ4v) is 3.57. The van der Waals surface area contributed by atoms with Gasteiger partial charge in [0.05, 0.1) is 0 Å². The van der Waals surface area contributed by atoms with Gasteiger partial charge in [-0.3, -0.25) is 0 Å². The molecule has 0 spiro atoms. The molecule has 0 bridgehead atoms. The number of alkyl halides is 3. The first-order valence-electron chi connectivity index (χ1n) is 7.82. The Labute approximate surface area is 153 Å². The third-order valence-electron chi connectivity index (χ3n) is 4.41. The maximum absolute atomic E-state index is 12.8. The van der Waals surface area contributed by atoms with Crippen molar-refractivity contribution in [3.05, 3.63) is 64.7 Å². The number of aromatic hydroxyl groups is 2. The van der Waals surface area contributed by atoms with E-state index >= 15 is 0 Å². The zero-order valence-electron chi connectivity index (χ0n) is 14.0. The summed E-state index contributed by atoms with van der Waals surface area (Å²) in [5.74, 6) is -1.11. The van der Waals surface area contributed by atoms with E-state index in [-0.39, 0.29) is 22.6 Å². The molecule has 1 atom stereocenters. The van der Waals surface area contributed by atoms with Crippen molar-refractivity contribution < 1.29 is 36.0 Å². The van der Waals surface area contributed by atoms with Gasteiger partial charge >= 0.3 is 15.6 Å². The fourth-order valence-electron chi connectivity index (χ4n) is 3.04. The quantitative estimate of drug-likeness (QED) is 0.600. The molecule has 0 amide bonds. The molecule has 144 valence electrons. The smallest absolute Gasteiger partial charge is 0.508 e. The first-order chi connectivity index (χ1) is 12.5. The van der Waals surface area contributed by atoms with E-state index in [0.717, 1.165) is 0 Å². The van der Waals surface area contributed by atoms with Crippen LogP contribution in [0.5, 0.6) is 11.5 Å². The molecule has 0 fully saturated rings. The first kappa shape index (κ1) is 19.1. The summed E-state index contributed by atoms with van der Waals surface area (Å²) in [5.41, 5.74) is -4.01. The maximum atomic E-state index is 12.8. The molecule has 1 aliphatic carbocycles. The molecule has 0 aliphatic heterocycles. The lowest BCUT2D eigenvalue weighted by Crippen LogP contribution is -2.27. The lowest BCUT2D eigenvalue weighted by atomic mass is 9.79. The minimum atomic E-state index is -5.88. The second kappa shape index (κ2) is 6.49. The molecule has 1 aliphatic rings. The molecule has 2 aromatic rings. The van der Waals surface area contributed by atoms with Gasteiger partial charge in [0, 0.05) is 11.5 Å². The Balaban J connectivity index is 2.16. The summed E-state index contributed by atoms with van der Waals surface area (Å²) in [7, 11) is -5.88. The second-order valence-corrected chi connectivity index (χ2v) is 7.72. The van der Waals surface area contributed by atoms with E-state index in [9.17, 15) is 31.8 Å². The third kappa shape index (κ3) is 3.59. The first-order valence-corrected chi connectivity index (χ1v) is 9.23. The average molecular weight is 400 g/mol. The highest BCUT2D eigenvalue weighted by atomic mass is 32.2. The summed E-state index contributed by atoms with van der Waals surface area (Å²) in [6.07, 6.45) is 0.366. The van der Waals surface area contributed by atoms with E-state index in [4.69, 9.17) is 0 Å². The number of phenolic OH excluding ortho intramolecular Hbond substituents is 2. The van der Waals surface area contributed by atoms with E-state index in [1.165, 1.54) is 37.3 Å².